The molecular formula is C13H13BrN4O. The van der Waals surface area contributed by atoms with Crippen LogP contribution >= 0.6 is 15.9 Å². The molecule has 5 nitrogen and oxygen atoms in total. The Balaban J connectivity index is 2.11. The Bertz CT molecular complexity index is 588. The van der Waals surface area contributed by atoms with Gasteiger partial charge in [0.1, 0.15) is 23.7 Å². The lowest BCUT2D eigenvalue weighted by Crippen LogP contribution is -2.11. The quantitative estimate of drug-likeness (QED) is 0.886. The van der Waals surface area contributed by atoms with Gasteiger partial charge in [-0.25, -0.2) is 9.97 Å². The van der Waals surface area contributed by atoms with Crippen molar-refractivity contribution >= 4 is 39.0 Å². The fourth-order valence-electron chi connectivity index (χ4n) is 1.44. The number of para-hydroxylation sites is 1. The Morgan fingerprint density at radius 2 is 2.00 bits per heavy atom. The van der Waals surface area contributed by atoms with Gasteiger partial charge in [-0.05, 0) is 35.0 Å². The molecule has 2 rings (SSSR count). The van der Waals surface area contributed by atoms with Gasteiger partial charge < -0.3 is 10.6 Å². The van der Waals surface area contributed by atoms with Gasteiger partial charge in [0.15, 0.2) is 0 Å². The highest BCUT2D eigenvalue weighted by atomic mass is 79.9. The lowest BCUT2D eigenvalue weighted by Gasteiger charge is -2.09. The first-order valence-electron chi connectivity index (χ1n) is 5.72. The molecule has 0 fully saturated rings. The topological polar surface area (TPSA) is 66.9 Å². The maximum absolute atomic E-state index is 10.9. The number of benzene rings is 1. The highest BCUT2D eigenvalue weighted by molar-refractivity contribution is 9.10. The van der Waals surface area contributed by atoms with Crippen LogP contribution in [0.2, 0.25) is 0 Å². The van der Waals surface area contributed by atoms with Crippen molar-refractivity contribution in [3.8, 4) is 0 Å². The van der Waals surface area contributed by atoms with E-state index in [0.717, 1.165) is 10.2 Å². The number of anilines is 3. The molecule has 0 radical (unpaired) electrons. The normalized spacial score (nSPS) is 10.0. The number of aromatic nitrogens is 2. The Labute approximate surface area is 119 Å². The van der Waals surface area contributed by atoms with Crippen LogP contribution in [-0.4, -0.2) is 22.3 Å². The summed E-state index contributed by atoms with van der Waals surface area (Å²) in [7, 11) is 0. The van der Waals surface area contributed by atoms with E-state index in [1.165, 1.54) is 13.3 Å². The van der Waals surface area contributed by atoms with E-state index in [-0.39, 0.29) is 12.3 Å². The minimum Gasteiger partial charge on any atom is -0.363 e. The van der Waals surface area contributed by atoms with Gasteiger partial charge in [-0.2, -0.15) is 0 Å². The fraction of sp³-hybridized carbons (Fsp3) is 0.154. The van der Waals surface area contributed by atoms with E-state index < -0.39 is 0 Å². The summed E-state index contributed by atoms with van der Waals surface area (Å²) in [6, 6.07) is 9.51. The number of carbonyl (C=O) groups is 1. The van der Waals surface area contributed by atoms with Crippen LogP contribution in [-0.2, 0) is 4.79 Å². The Morgan fingerprint density at radius 1 is 1.26 bits per heavy atom. The van der Waals surface area contributed by atoms with E-state index in [9.17, 15) is 4.79 Å². The standard InChI is InChI=1S/C13H13BrN4O/c1-9(19)7-15-12-6-13(17-8-16-12)18-11-5-3-2-4-10(11)14/h2-6,8H,7H2,1H3,(H2,15,16,17,18). The average Bonchev–Trinajstić information content (AvgIpc) is 2.40. The zero-order chi connectivity index (χ0) is 13.7. The van der Waals surface area contributed by atoms with Crippen LogP contribution in [0.4, 0.5) is 17.3 Å². The van der Waals surface area contributed by atoms with E-state index in [1.54, 1.807) is 6.07 Å². The molecule has 98 valence electrons. The van der Waals surface area contributed by atoms with Gasteiger partial charge in [0.25, 0.3) is 0 Å². The minimum atomic E-state index is 0.0546. The maximum atomic E-state index is 10.9. The summed E-state index contributed by atoms with van der Waals surface area (Å²) < 4.78 is 0.951. The van der Waals surface area contributed by atoms with Crippen molar-refractivity contribution in [2.75, 3.05) is 17.2 Å². The van der Waals surface area contributed by atoms with Crippen LogP contribution < -0.4 is 10.6 Å². The maximum Gasteiger partial charge on any atom is 0.148 e. The number of ketones is 1. The molecule has 0 amide bonds. The molecule has 0 aliphatic heterocycles. The van der Waals surface area contributed by atoms with Crippen LogP contribution in [0, 0.1) is 0 Å². The summed E-state index contributed by atoms with van der Waals surface area (Å²) in [6.45, 7) is 1.78. The first kappa shape index (κ1) is 13.5. The highest BCUT2D eigenvalue weighted by Gasteiger charge is 2.02. The summed E-state index contributed by atoms with van der Waals surface area (Å²) in [5, 5.41) is 6.11. The van der Waals surface area contributed by atoms with Gasteiger partial charge in [-0.15, -0.1) is 0 Å². The molecule has 2 aromatic rings. The van der Waals surface area contributed by atoms with Crippen molar-refractivity contribution in [3.05, 3.63) is 41.1 Å². The minimum absolute atomic E-state index is 0.0546. The average molecular weight is 321 g/mol. The number of carbonyl (C=O) groups excluding carboxylic acids is 1. The van der Waals surface area contributed by atoms with Gasteiger partial charge in [0.05, 0.1) is 12.2 Å². The SMILES string of the molecule is CC(=O)CNc1cc(Nc2ccccc2Br)ncn1. The number of nitrogens with one attached hydrogen (secondary N) is 2. The zero-order valence-electron chi connectivity index (χ0n) is 10.4. The molecule has 1 aromatic carbocycles. The van der Waals surface area contributed by atoms with Gasteiger partial charge in [-0.3, -0.25) is 4.79 Å². The van der Waals surface area contributed by atoms with Crippen LogP contribution in [0.3, 0.4) is 0 Å². The Kier molecular flexibility index (Phi) is 4.46. The number of hydrogen-bond donors (Lipinski definition) is 2. The molecule has 1 aromatic heterocycles. The monoisotopic (exact) mass is 320 g/mol. The van der Waals surface area contributed by atoms with E-state index >= 15 is 0 Å². The summed E-state index contributed by atoms with van der Waals surface area (Å²) in [6.07, 6.45) is 1.45. The van der Waals surface area contributed by atoms with Crippen LogP contribution in [0.1, 0.15) is 6.92 Å². The molecule has 0 saturated carbocycles. The molecule has 0 atom stereocenters. The van der Waals surface area contributed by atoms with E-state index in [1.807, 2.05) is 24.3 Å². The van der Waals surface area contributed by atoms with Crippen LogP contribution in [0.15, 0.2) is 41.1 Å². The molecule has 0 bridgehead atoms. The molecule has 6 heteroatoms. The number of nitrogens with zero attached hydrogens (tertiary/aromatic N) is 2. The van der Waals surface area contributed by atoms with Gasteiger partial charge in [0.2, 0.25) is 0 Å². The summed E-state index contributed by atoms with van der Waals surface area (Å²) >= 11 is 3.46. The third-order valence-corrected chi connectivity index (χ3v) is 3.01. The molecule has 19 heavy (non-hydrogen) atoms. The van der Waals surface area contributed by atoms with Crippen molar-refractivity contribution in [2.45, 2.75) is 6.92 Å². The highest BCUT2D eigenvalue weighted by Crippen LogP contribution is 2.24. The van der Waals surface area contributed by atoms with Crippen molar-refractivity contribution in [1.29, 1.82) is 0 Å². The van der Waals surface area contributed by atoms with Crippen molar-refractivity contribution in [2.24, 2.45) is 0 Å². The largest absolute Gasteiger partial charge is 0.363 e. The van der Waals surface area contributed by atoms with E-state index in [2.05, 4.69) is 36.5 Å². The number of halogens is 1. The van der Waals surface area contributed by atoms with Crippen LogP contribution in [0.5, 0.6) is 0 Å². The molecule has 0 spiro atoms. The van der Waals surface area contributed by atoms with Gasteiger partial charge in [-0.1, -0.05) is 12.1 Å². The smallest absolute Gasteiger partial charge is 0.148 e. The lowest BCUT2D eigenvalue weighted by atomic mass is 10.3. The summed E-state index contributed by atoms with van der Waals surface area (Å²) in [5.74, 6) is 1.33. The summed E-state index contributed by atoms with van der Waals surface area (Å²) in [5.41, 5.74) is 0.915. The Hall–Kier alpha value is -1.95. The molecule has 1 heterocycles. The zero-order valence-corrected chi connectivity index (χ0v) is 11.9. The number of rotatable bonds is 5. The third kappa shape index (κ3) is 4.03. The molecule has 0 aliphatic carbocycles. The fourth-order valence-corrected chi connectivity index (χ4v) is 1.82. The third-order valence-electron chi connectivity index (χ3n) is 2.32. The predicted octanol–water partition coefficient (Wildman–Crippen LogP) is 2.98. The van der Waals surface area contributed by atoms with Crippen LogP contribution in [0.25, 0.3) is 0 Å². The van der Waals surface area contributed by atoms with Crippen molar-refractivity contribution < 1.29 is 4.79 Å². The van der Waals surface area contributed by atoms with Crippen molar-refractivity contribution in [3.63, 3.8) is 0 Å². The molecule has 0 saturated heterocycles. The predicted molar refractivity (Wildman–Crippen MR) is 78.6 cm³/mol. The number of Topliss-reactive ketones (excluding diaryl/α,β-unsaturated/α-hetero) is 1. The second-order valence-electron chi connectivity index (χ2n) is 3.95. The second-order valence-corrected chi connectivity index (χ2v) is 4.80. The molecule has 0 unspecified atom stereocenters. The first-order valence-corrected chi connectivity index (χ1v) is 6.51. The van der Waals surface area contributed by atoms with E-state index in [4.69, 9.17) is 0 Å². The van der Waals surface area contributed by atoms with Gasteiger partial charge in [0, 0.05) is 10.5 Å². The molecular weight excluding hydrogens is 308 g/mol. The molecule has 2 N–H and O–H groups in total. The summed E-state index contributed by atoms with van der Waals surface area (Å²) in [4.78, 5) is 19.1. The van der Waals surface area contributed by atoms with Crippen molar-refractivity contribution in [1.82, 2.24) is 9.97 Å². The van der Waals surface area contributed by atoms with Gasteiger partial charge >= 0.3 is 0 Å². The Morgan fingerprint density at radius 3 is 2.74 bits per heavy atom. The molecule has 0 aliphatic rings. The van der Waals surface area contributed by atoms with E-state index in [0.29, 0.717) is 11.6 Å². The number of hydrogen-bond acceptors (Lipinski definition) is 5. The first-order chi connectivity index (χ1) is 9.15. The second kappa shape index (κ2) is 6.29. The lowest BCUT2D eigenvalue weighted by molar-refractivity contribution is -0.115.